The molecule has 0 amide bonds. The zero-order valence-corrected chi connectivity index (χ0v) is 17.4. The van der Waals surface area contributed by atoms with Crippen LogP contribution >= 0.6 is 11.6 Å². The molecule has 0 rings (SSSR count). The first-order valence-electron chi connectivity index (χ1n) is 10.6. The van der Waals surface area contributed by atoms with Crippen molar-refractivity contribution in [2.45, 2.75) is 116 Å². The Morgan fingerprint density at radius 1 is 0.920 bits per heavy atom. The highest BCUT2D eigenvalue weighted by Crippen LogP contribution is 2.16. The number of halogens is 1. The SMILES string of the molecule is CCC(C)CCCCCCCCCCCCC(Cl)C=CCCC(=O)O. The second-order valence-electron chi connectivity index (χ2n) is 7.50. The number of carboxylic acid groups (broad SMARTS) is 1. The second-order valence-corrected chi connectivity index (χ2v) is 8.06. The molecular formula is C22H41ClO2. The Bertz CT molecular complexity index is 328. The summed E-state index contributed by atoms with van der Waals surface area (Å²) in [6, 6.07) is 0. The summed E-state index contributed by atoms with van der Waals surface area (Å²) < 4.78 is 0. The van der Waals surface area contributed by atoms with Gasteiger partial charge in [-0.05, 0) is 18.8 Å². The van der Waals surface area contributed by atoms with Crippen molar-refractivity contribution in [1.82, 2.24) is 0 Å². The zero-order valence-electron chi connectivity index (χ0n) is 16.6. The number of hydrogen-bond donors (Lipinski definition) is 1. The molecule has 148 valence electrons. The molecular weight excluding hydrogens is 332 g/mol. The molecule has 0 aliphatic carbocycles. The van der Waals surface area contributed by atoms with Crippen molar-refractivity contribution in [3.8, 4) is 0 Å². The van der Waals surface area contributed by atoms with Crippen LogP contribution in [0.4, 0.5) is 0 Å². The van der Waals surface area contributed by atoms with Crippen molar-refractivity contribution < 1.29 is 9.90 Å². The lowest BCUT2D eigenvalue weighted by Crippen LogP contribution is -1.95. The van der Waals surface area contributed by atoms with E-state index in [9.17, 15) is 4.79 Å². The van der Waals surface area contributed by atoms with E-state index in [1.165, 1.54) is 77.0 Å². The lowest BCUT2D eigenvalue weighted by molar-refractivity contribution is -0.136. The van der Waals surface area contributed by atoms with Crippen molar-refractivity contribution in [1.29, 1.82) is 0 Å². The van der Waals surface area contributed by atoms with Crippen LogP contribution in [0.2, 0.25) is 0 Å². The fourth-order valence-corrected chi connectivity index (χ4v) is 3.25. The molecule has 2 atom stereocenters. The van der Waals surface area contributed by atoms with Crippen LogP contribution < -0.4 is 0 Å². The molecule has 0 aromatic carbocycles. The van der Waals surface area contributed by atoms with Crippen LogP contribution in [0.1, 0.15) is 110 Å². The van der Waals surface area contributed by atoms with E-state index in [-0.39, 0.29) is 11.8 Å². The van der Waals surface area contributed by atoms with Crippen LogP contribution in [0.3, 0.4) is 0 Å². The van der Waals surface area contributed by atoms with Crippen molar-refractivity contribution >= 4 is 17.6 Å². The van der Waals surface area contributed by atoms with Gasteiger partial charge in [0.1, 0.15) is 0 Å². The van der Waals surface area contributed by atoms with Gasteiger partial charge in [0.05, 0.1) is 5.38 Å². The van der Waals surface area contributed by atoms with E-state index in [2.05, 4.69) is 13.8 Å². The van der Waals surface area contributed by atoms with Gasteiger partial charge < -0.3 is 5.11 Å². The molecule has 0 radical (unpaired) electrons. The molecule has 3 heteroatoms. The summed E-state index contributed by atoms with van der Waals surface area (Å²) in [5.74, 6) is 0.162. The Labute approximate surface area is 161 Å². The van der Waals surface area contributed by atoms with Crippen LogP contribution in [0.15, 0.2) is 12.2 Å². The standard InChI is InChI=1S/C22H41ClO2/c1-3-20(2)16-12-10-8-6-4-5-7-9-11-13-17-21(23)18-14-15-19-22(24)25/h14,18,20-21H,3-13,15-17,19H2,1-2H3,(H,24,25). The highest BCUT2D eigenvalue weighted by molar-refractivity contribution is 6.21. The van der Waals surface area contributed by atoms with E-state index in [1.54, 1.807) is 0 Å². The van der Waals surface area contributed by atoms with Gasteiger partial charge in [-0.15, -0.1) is 11.6 Å². The highest BCUT2D eigenvalue weighted by atomic mass is 35.5. The van der Waals surface area contributed by atoms with Crippen LogP contribution in [0, 0.1) is 5.92 Å². The molecule has 0 aliphatic heterocycles. The molecule has 2 unspecified atom stereocenters. The smallest absolute Gasteiger partial charge is 0.303 e. The number of hydrogen-bond acceptors (Lipinski definition) is 1. The van der Waals surface area contributed by atoms with Crippen LogP contribution in [-0.2, 0) is 4.79 Å². The largest absolute Gasteiger partial charge is 0.481 e. The third-order valence-electron chi connectivity index (χ3n) is 4.99. The average Bonchev–Trinajstić information content (AvgIpc) is 2.59. The predicted molar refractivity (Wildman–Crippen MR) is 111 cm³/mol. The molecule has 1 N–H and O–H groups in total. The first kappa shape index (κ1) is 24.5. The summed E-state index contributed by atoms with van der Waals surface area (Å²) in [5.41, 5.74) is 0. The number of alkyl halides is 1. The maximum absolute atomic E-state index is 10.4. The van der Waals surface area contributed by atoms with Gasteiger partial charge in [-0.2, -0.15) is 0 Å². The van der Waals surface area contributed by atoms with E-state index >= 15 is 0 Å². The maximum atomic E-state index is 10.4. The maximum Gasteiger partial charge on any atom is 0.303 e. The minimum absolute atomic E-state index is 0.0595. The first-order chi connectivity index (χ1) is 12.1. The van der Waals surface area contributed by atoms with Crippen molar-refractivity contribution in [2.75, 3.05) is 0 Å². The van der Waals surface area contributed by atoms with Gasteiger partial charge in [0.25, 0.3) is 0 Å². The van der Waals surface area contributed by atoms with Gasteiger partial charge in [0.15, 0.2) is 0 Å². The van der Waals surface area contributed by atoms with Gasteiger partial charge in [0, 0.05) is 6.42 Å². The molecule has 0 aromatic heterocycles. The lowest BCUT2D eigenvalue weighted by Gasteiger charge is -2.07. The number of carbonyl (C=O) groups is 1. The molecule has 0 spiro atoms. The fraction of sp³-hybridized carbons (Fsp3) is 0.864. The lowest BCUT2D eigenvalue weighted by atomic mass is 9.99. The number of aliphatic carboxylic acids is 1. The van der Waals surface area contributed by atoms with Gasteiger partial charge >= 0.3 is 5.97 Å². The minimum Gasteiger partial charge on any atom is -0.481 e. The molecule has 0 heterocycles. The minimum atomic E-state index is -0.748. The normalized spacial score (nSPS) is 14.0. The summed E-state index contributed by atoms with van der Waals surface area (Å²) in [6.45, 7) is 4.65. The Hall–Kier alpha value is -0.500. The van der Waals surface area contributed by atoms with Gasteiger partial charge in [-0.25, -0.2) is 0 Å². The number of carboxylic acids is 1. The summed E-state index contributed by atoms with van der Waals surface area (Å²) in [6.07, 6.45) is 21.9. The fourth-order valence-electron chi connectivity index (χ4n) is 3.00. The summed E-state index contributed by atoms with van der Waals surface area (Å²) >= 11 is 6.21. The van der Waals surface area contributed by atoms with Gasteiger partial charge in [0.2, 0.25) is 0 Å². The molecule has 0 saturated heterocycles. The number of rotatable bonds is 18. The molecule has 0 bridgehead atoms. The predicted octanol–water partition coefficient (Wildman–Crippen LogP) is 7.74. The van der Waals surface area contributed by atoms with Crippen molar-refractivity contribution in [3.05, 3.63) is 12.2 Å². The van der Waals surface area contributed by atoms with Crippen molar-refractivity contribution in [3.63, 3.8) is 0 Å². The second kappa shape index (κ2) is 18.3. The third-order valence-corrected chi connectivity index (χ3v) is 5.36. The van der Waals surface area contributed by atoms with Gasteiger partial charge in [-0.1, -0.05) is 103 Å². The van der Waals surface area contributed by atoms with E-state index in [0.29, 0.717) is 6.42 Å². The molecule has 2 nitrogen and oxygen atoms in total. The monoisotopic (exact) mass is 372 g/mol. The molecule has 0 fully saturated rings. The molecule has 25 heavy (non-hydrogen) atoms. The van der Waals surface area contributed by atoms with Crippen LogP contribution in [0.25, 0.3) is 0 Å². The molecule has 0 aromatic rings. The first-order valence-corrected chi connectivity index (χ1v) is 11.0. The Morgan fingerprint density at radius 3 is 1.88 bits per heavy atom. The van der Waals surface area contributed by atoms with Crippen molar-refractivity contribution in [2.24, 2.45) is 5.92 Å². The summed E-state index contributed by atoms with van der Waals surface area (Å²) in [5, 5.41) is 8.62. The topological polar surface area (TPSA) is 37.3 Å². The molecule has 0 aliphatic rings. The van der Waals surface area contributed by atoms with Crippen LogP contribution in [0.5, 0.6) is 0 Å². The number of allylic oxidation sites excluding steroid dienone is 2. The van der Waals surface area contributed by atoms with E-state index in [0.717, 1.165) is 12.3 Å². The van der Waals surface area contributed by atoms with E-state index < -0.39 is 5.97 Å². The summed E-state index contributed by atoms with van der Waals surface area (Å²) in [4.78, 5) is 10.4. The number of unbranched alkanes of at least 4 members (excludes halogenated alkanes) is 9. The zero-order chi connectivity index (χ0) is 18.8. The quantitative estimate of drug-likeness (QED) is 0.152. The highest BCUT2D eigenvalue weighted by Gasteiger charge is 2.01. The molecule has 0 saturated carbocycles. The van der Waals surface area contributed by atoms with E-state index in [4.69, 9.17) is 16.7 Å². The van der Waals surface area contributed by atoms with Gasteiger partial charge in [-0.3, -0.25) is 4.79 Å². The summed E-state index contributed by atoms with van der Waals surface area (Å²) in [7, 11) is 0. The van der Waals surface area contributed by atoms with Crippen LogP contribution in [-0.4, -0.2) is 16.5 Å². The average molecular weight is 373 g/mol. The Kier molecular flexibility index (Phi) is 17.9. The Morgan fingerprint density at radius 2 is 1.40 bits per heavy atom. The third kappa shape index (κ3) is 19.7. The Balaban J connectivity index is 3.24. The van der Waals surface area contributed by atoms with E-state index in [1.807, 2.05) is 12.2 Å².